The van der Waals surface area contributed by atoms with E-state index in [4.69, 9.17) is 5.73 Å². The minimum Gasteiger partial charge on any atom is -0.399 e. The highest BCUT2D eigenvalue weighted by Gasteiger charge is 2.36. The highest BCUT2D eigenvalue weighted by atomic mass is 16.1. The molecule has 0 amide bonds. The van der Waals surface area contributed by atoms with Gasteiger partial charge in [-0.3, -0.25) is 4.79 Å². The van der Waals surface area contributed by atoms with Crippen molar-refractivity contribution >= 4 is 17.2 Å². The number of hydrogen-bond donors (Lipinski definition) is 2. The Balaban J connectivity index is 2.30. The normalized spacial score (nSPS) is 17.1. The van der Waals surface area contributed by atoms with E-state index in [-0.39, 0.29) is 5.78 Å². The van der Waals surface area contributed by atoms with Crippen molar-refractivity contribution in [3.05, 3.63) is 47.5 Å². The van der Waals surface area contributed by atoms with Crippen LogP contribution in [0.15, 0.2) is 36.4 Å². The van der Waals surface area contributed by atoms with Gasteiger partial charge in [0.25, 0.3) is 0 Å². The first-order valence-corrected chi connectivity index (χ1v) is 7.22. The maximum atomic E-state index is 12.9. The molecule has 2 unspecified atom stereocenters. The second kappa shape index (κ2) is 5.19. The van der Waals surface area contributed by atoms with Crippen molar-refractivity contribution in [3.8, 4) is 17.2 Å². The van der Waals surface area contributed by atoms with Gasteiger partial charge in [-0.1, -0.05) is 12.1 Å². The summed E-state index contributed by atoms with van der Waals surface area (Å²) in [6, 6.07) is 13.6. The van der Waals surface area contributed by atoms with E-state index in [1.807, 2.05) is 31.3 Å². The van der Waals surface area contributed by atoms with Gasteiger partial charge in [0, 0.05) is 24.0 Å². The van der Waals surface area contributed by atoms with Crippen LogP contribution in [-0.2, 0) is 0 Å². The summed E-state index contributed by atoms with van der Waals surface area (Å²) in [6.07, 6.45) is 0. The summed E-state index contributed by atoms with van der Waals surface area (Å²) in [5.74, 6) is -0.882. The molecule has 2 atom stereocenters. The largest absolute Gasteiger partial charge is 0.399 e. The van der Waals surface area contributed by atoms with Gasteiger partial charge in [-0.2, -0.15) is 5.26 Å². The second-order valence-corrected chi connectivity index (χ2v) is 5.62. The van der Waals surface area contributed by atoms with Crippen molar-refractivity contribution in [3.63, 3.8) is 0 Å². The number of nitriles is 1. The third kappa shape index (κ3) is 2.03. The van der Waals surface area contributed by atoms with Crippen molar-refractivity contribution < 1.29 is 4.79 Å². The number of nitrogens with two attached hydrogens (primary N) is 1. The number of nitrogen functional groups attached to an aromatic ring is 1. The van der Waals surface area contributed by atoms with Crippen LogP contribution in [0.3, 0.4) is 0 Å². The monoisotopic (exact) mass is 291 g/mol. The number of benzene rings is 2. The number of carbonyl (C=O) groups is 1. The lowest BCUT2D eigenvalue weighted by molar-refractivity contribution is 0.0943. The molecule has 0 radical (unpaired) electrons. The lowest BCUT2D eigenvalue weighted by atomic mass is 9.73. The average Bonchev–Trinajstić information content (AvgIpc) is 2.54. The van der Waals surface area contributed by atoms with Gasteiger partial charge in [-0.15, -0.1) is 0 Å². The van der Waals surface area contributed by atoms with E-state index >= 15 is 0 Å². The quantitative estimate of drug-likeness (QED) is 0.831. The Hall–Kier alpha value is -2.80. The molecular weight excluding hydrogens is 274 g/mol. The molecule has 0 aliphatic heterocycles. The van der Waals surface area contributed by atoms with Crippen LogP contribution < -0.4 is 11.1 Å². The molecule has 0 heterocycles. The van der Waals surface area contributed by atoms with Crippen LogP contribution in [0.4, 0.5) is 11.4 Å². The summed E-state index contributed by atoms with van der Waals surface area (Å²) in [5, 5.41) is 12.4. The Bertz CT molecular complexity index is 804. The van der Waals surface area contributed by atoms with Gasteiger partial charge in [-0.05, 0) is 47.9 Å². The zero-order chi connectivity index (χ0) is 15.9. The molecule has 2 aromatic rings. The van der Waals surface area contributed by atoms with Crippen LogP contribution in [0.2, 0.25) is 0 Å². The molecule has 1 aliphatic rings. The topological polar surface area (TPSA) is 78.9 Å². The number of ketones is 1. The highest BCUT2D eigenvalue weighted by Crippen LogP contribution is 2.44. The molecule has 0 saturated carbocycles. The first kappa shape index (κ1) is 14.2. The van der Waals surface area contributed by atoms with E-state index in [0.29, 0.717) is 11.3 Å². The minimum atomic E-state index is -0.456. The van der Waals surface area contributed by atoms with Crippen molar-refractivity contribution in [1.29, 1.82) is 5.26 Å². The van der Waals surface area contributed by atoms with Crippen LogP contribution in [-0.4, -0.2) is 12.8 Å². The lowest BCUT2D eigenvalue weighted by Gasteiger charge is -2.28. The van der Waals surface area contributed by atoms with Crippen LogP contribution in [0.5, 0.6) is 0 Å². The predicted octanol–water partition coefficient (Wildman–Crippen LogP) is 3.42. The van der Waals surface area contributed by atoms with E-state index in [1.54, 1.807) is 19.1 Å². The number of Topliss-reactive ketones (excluding diaryl/α,β-unsaturated/α-hetero) is 1. The third-order valence-corrected chi connectivity index (χ3v) is 4.26. The number of nitrogens with zero attached hydrogens (tertiary/aromatic N) is 1. The van der Waals surface area contributed by atoms with Crippen molar-refractivity contribution in [1.82, 2.24) is 0 Å². The maximum absolute atomic E-state index is 12.9. The lowest BCUT2D eigenvalue weighted by Crippen LogP contribution is -2.24. The smallest absolute Gasteiger partial charge is 0.172 e. The fourth-order valence-electron chi connectivity index (χ4n) is 3.10. The molecule has 0 saturated heterocycles. The predicted molar refractivity (Wildman–Crippen MR) is 87.7 cm³/mol. The zero-order valence-corrected chi connectivity index (χ0v) is 12.6. The van der Waals surface area contributed by atoms with Crippen LogP contribution >= 0.6 is 0 Å². The van der Waals surface area contributed by atoms with E-state index in [9.17, 15) is 10.1 Å². The molecular formula is C18H17N3O. The SMILES string of the molecule is CNc1ccc2c(c1)C(C(C)C#N)C(=O)c1cc(N)ccc1-2. The highest BCUT2D eigenvalue weighted by molar-refractivity contribution is 6.11. The first-order valence-electron chi connectivity index (χ1n) is 7.22. The van der Waals surface area contributed by atoms with E-state index in [1.165, 1.54) is 0 Å². The summed E-state index contributed by atoms with van der Waals surface area (Å²) in [5.41, 5.74) is 10.7. The van der Waals surface area contributed by atoms with E-state index in [0.717, 1.165) is 22.4 Å². The summed E-state index contributed by atoms with van der Waals surface area (Å²) < 4.78 is 0. The first-order chi connectivity index (χ1) is 10.6. The molecule has 3 N–H and O–H groups in total. The zero-order valence-electron chi connectivity index (χ0n) is 12.6. The van der Waals surface area contributed by atoms with E-state index in [2.05, 4.69) is 11.4 Å². The molecule has 0 aromatic heterocycles. The average molecular weight is 291 g/mol. The van der Waals surface area contributed by atoms with Crippen molar-refractivity contribution in [2.45, 2.75) is 12.8 Å². The Labute approximate surface area is 129 Å². The third-order valence-electron chi connectivity index (χ3n) is 4.26. The number of carbonyl (C=O) groups excluding carboxylic acids is 1. The van der Waals surface area contributed by atoms with Gasteiger partial charge in [0.05, 0.1) is 17.9 Å². The Kier molecular flexibility index (Phi) is 3.34. The number of fused-ring (bicyclic) bond motifs is 3. The van der Waals surface area contributed by atoms with Gasteiger partial charge in [0.2, 0.25) is 0 Å². The second-order valence-electron chi connectivity index (χ2n) is 5.62. The van der Waals surface area contributed by atoms with E-state index < -0.39 is 11.8 Å². The van der Waals surface area contributed by atoms with Crippen LogP contribution in [0.25, 0.3) is 11.1 Å². The number of rotatable bonds is 2. The molecule has 22 heavy (non-hydrogen) atoms. The van der Waals surface area contributed by atoms with Gasteiger partial charge in [0.15, 0.2) is 5.78 Å². The molecule has 1 aliphatic carbocycles. The molecule has 4 heteroatoms. The Morgan fingerprint density at radius 1 is 1.18 bits per heavy atom. The standard InChI is InChI=1S/C18H17N3O/c1-10(9-19)17-15-8-12(21-2)4-6-13(15)14-5-3-11(20)7-16(14)18(17)22/h3-8,10,17,21H,20H2,1-2H3. The van der Waals surface area contributed by atoms with Gasteiger partial charge >= 0.3 is 0 Å². The Morgan fingerprint density at radius 2 is 1.91 bits per heavy atom. The molecule has 110 valence electrons. The summed E-state index contributed by atoms with van der Waals surface area (Å²) in [6.45, 7) is 1.79. The molecule has 0 fully saturated rings. The number of nitrogens with one attached hydrogen (secondary N) is 1. The van der Waals surface area contributed by atoms with Crippen LogP contribution in [0, 0.1) is 17.2 Å². The summed E-state index contributed by atoms with van der Waals surface area (Å²) in [7, 11) is 1.84. The number of anilines is 2. The maximum Gasteiger partial charge on any atom is 0.172 e. The summed E-state index contributed by atoms with van der Waals surface area (Å²) in [4.78, 5) is 12.9. The molecule has 4 nitrogen and oxygen atoms in total. The summed E-state index contributed by atoms with van der Waals surface area (Å²) >= 11 is 0. The molecule has 3 rings (SSSR count). The van der Waals surface area contributed by atoms with Gasteiger partial charge in [0.1, 0.15) is 0 Å². The Morgan fingerprint density at radius 3 is 2.59 bits per heavy atom. The number of hydrogen-bond acceptors (Lipinski definition) is 4. The molecule has 0 spiro atoms. The van der Waals surface area contributed by atoms with Crippen molar-refractivity contribution in [2.75, 3.05) is 18.1 Å². The fraction of sp³-hybridized carbons (Fsp3) is 0.222. The molecule has 0 bridgehead atoms. The fourth-order valence-corrected chi connectivity index (χ4v) is 3.10. The van der Waals surface area contributed by atoms with Crippen molar-refractivity contribution in [2.24, 2.45) is 5.92 Å². The molecule has 2 aromatic carbocycles. The van der Waals surface area contributed by atoms with Crippen LogP contribution in [0.1, 0.15) is 28.8 Å². The van der Waals surface area contributed by atoms with Gasteiger partial charge in [-0.25, -0.2) is 0 Å². The minimum absolute atomic E-state index is 0.0305. The van der Waals surface area contributed by atoms with Gasteiger partial charge < -0.3 is 11.1 Å².